The fraction of sp³-hybridized carbons (Fsp3) is 0.312. The molecular weight excluding hydrogens is 520 g/mol. The van der Waals surface area contributed by atoms with Gasteiger partial charge in [-0.15, -0.1) is 17.0 Å². The molecule has 0 amide bonds. The van der Waals surface area contributed by atoms with Gasteiger partial charge in [-0.05, 0) is 79.1 Å². The summed E-state index contributed by atoms with van der Waals surface area (Å²) in [6.45, 7) is 3.66. The van der Waals surface area contributed by atoms with Crippen molar-refractivity contribution in [1.82, 2.24) is 20.2 Å². The molecule has 0 fully saturated rings. The molecule has 0 saturated heterocycles. The smallest absolute Gasteiger partial charge is 0.0607 e. The Morgan fingerprint density at radius 1 is 0.757 bits per heavy atom. The number of halogens is 1. The minimum Gasteiger partial charge on any atom is -0.307 e. The van der Waals surface area contributed by atoms with Gasteiger partial charge in [0, 0.05) is 32.0 Å². The zero-order chi connectivity index (χ0) is 24.4. The summed E-state index contributed by atoms with van der Waals surface area (Å²) < 4.78 is 0. The highest BCUT2D eigenvalue weighted by atomic mass is 79.9. The van der Waals surface area contributed by atoms with Crippen molar-refractivity contribution in [3.63, 3.8) is 0 Å². The van der Waals surface area contributed by atoms with Crippen LogP contribution in [0.2, 0.25) is 0 Å². The van der Waals surface area contributed by atoms with Crippen LogP contribution in [0.15, 0.2) is 97.3 Å². The summed E-state index contributed by atoms with van der Waals surface area (Å²) in [5, 5.41) is 3.50. The monoisotopic (exact) mass is 556 g/mol. The van der Waals surface area contributed by atoms with Crippen molar-refractivity contribution >= 4 is 17.0 Å². The second-order valence-electron chi connectivity index (χ2n) is 9.76. The van der Waals surface area contributed by atoms with Gasteiger partial charge in [0.2, 0.25) is 0 Å². The molecule has 37 heavy (non-hydrogen) atoms. The molecule has 4 aromatic rings. The molecule has 4 nitrogen and oxygen atoms in total. The number of benzene rings is 2. The zero-order valence-corrected chi connectivity index (χ0v) is 23.1. The van der Waals surface area contributed by atoms with E-state index in [-0.39, 0.29) is 17.0 Å². The summed E-state index contributed by atoms with van der Waals surface area (Å²) in [4.78, 5) is 11.9. The van der Waals surface area contributed by atoms with Gasteiger partial charge in [0.25, 0.3) is 0 Å². The van der Waals surface area contributed by atoms with Gasteiger partial charge in [0.1, 0.15) is 0 Å². The Labute approximate surface area is 232 Å². The summed E-state index contributed by atoms with van der Waals surface area (Å²) in [5.41, 5.74) is 7.87. The quantitative estimate of drug-likeness (QED) is 0.219. The van der Waals surface area contributed by atoms with E-state index in [4.69, 9.17) is 4.98 Å². The number of rotatable bonds is 11. The molecule has 0 radical (unpaired) electrons. The minimum absolute atomic E-state index is 0. The Morgan fingerprint density at radius 2 is 1.54 bits per heavy atom. The molecule has 2 aromatic heterocycles. The lowest BCUT2D eigenvalue weighted by atomic mass is 9.90. The number of aromatic nitrogens is 2. The molecule has 2 aromatic carbocycles. The second-order valence-corrected chi connectivity index (χ2v) is 9.76. The molecule has 192 valence electrons. The van der Waals surface area contributed by atoms with E-state index in [9.17, 15) is 0 Å². The van der Waals surface area contributed by atoms with Crippen molar-refractivity contribution in [2.75, 3.05) is 6.54 Å². The van der Waals surface area contributed by atoms with Crippen LogP contribution in [0.5, 0.6) is 0 Å². The summed E-state index contributed by atoms with van der Waals surface area (Å²) >= 11 is 0. The SMILES string of the molecule is Br.c1ccc(CCCN(Cc2ccc(CNCc3ccccn3)cc2)C2CCCc3cccnc32)cc1. The van der Waals surface area contributed by atoms with Gasteiger partial charge in [-0.25, -0.2) is 0 Å². The summed E-state index contributed by atoms with van der Waals surface area (Å²) in [5.74, 6) is 0. The number of nitrogens with zero attached hydrogens (tertiary/aromatic N) is 3. The van der Waals surface area contributed by atoms with Crippen LogP contribution in [0.25, 0.3) is 0 Å². The van der Waals surface area contributed by atoms with E-state index in [0.29, 0.717) is 6.04 Å². The standard InChI is InChI=1S/C32H36N4.BrH/c1-2-9-26(10-3-1)11-8-22-36(31-15-6-12-29-13-7-21-35-32(29)31)25-28-18-16-27(17-19-28)23-33-24-30-14-4-5-20-34-30;/h1-5,7,9-10,13-14,16-21,31,33H,6,8,11-12,15,22-25H2;1H. The van der Waals surface area contributed by atoms with Crippen LogP contribution in [0.4, 0.5) is 0 Å². The first-order valence-electron chi connectivity index (χ1n) is 13.3. The number of pyridine rings is 2. The number of fused-ring (bicyclic) bond motifs is 1. The van der Waals surface area contributed by atoms with Crippen LogP contribution in [0.3, 0.4) is 0 Å². The average molecular weight is 558 g/mol. The van der Waals surface area contributed by atoms with Gasteiger partial charge in [0.15, 0.2) is 0 Å². The largest absolute Gasteiger partial charge is 0.307 e. The molecule has 2 heterocycles. The highest BCUT2D eigenvalue weighted by Crippen LogP contribution is 2.34. The van der Waals surface area contributed by atoms with Gasteiger partial charge in [0.05, 0.1) is 17.4 Å². The fourth-order valence-electron chi connectivity index (χ4n) is 5.25. The first-order valence-corrected chi connectivity index (χ1v) is 13.3. The normalized spacial score (nSPS) is 14.7. The van der Waals surface area contributed by atoms with Crippen molar-refractivity contribution < 1.29 is 0 Å². The minimum atomic E-state index is 0. The Bertz CT molecular complexity index is 1200. The summed E-state index contributed by atoms with van der Waals surface area (Å²) in [7, 11) is 0. The van der Waals surface area contributed by atoms with Crippen molar-refractivity contribution in [1.29, 1.82) is 0 Å². The van der Waals surface area contributed by atoms with E-state index in [1.807, 2.05) is 24.5 Å². The topological polar surface area (TPSA) is 41.0 Å². The van der Waals surface area contributed by atoms with Crippen molar-refractivity contribution in [2.24, 2.45) is 0 Å². The van der Waals surface area contributed by atoms with E-state index >= 15 is 0 Å². The van der Waals surface area contributed by atoms with Crippen LogP contribution in [0.1, 0.15) is 58.9 Å². The maximum absolute atomic E-state index is 4.85. The second kappa shape index (κ2) is 14.2. The lowest BCUT2D eigenvalue weighted by Gasteiger charge is -2.35. The number of hydrogen-bond acceptors (Lipinski definition) is 4. The Morgan fingerprint density at radius 3 is 2.35 bits per heavy atom. The average Bonchev–Trinajstić information content (AvgIpc) is 2.94. The van der Waals surface area contributed by atoms with Gasteiger partial charge in [-0.1, -0.05) is 66.7 Å². The molecule has 1 atom stereocenters. The zero-order valence-electron chi connectivity index (χ0n) is 21.4. The Balaban J connectivity index is 0.00000320. The lowest BCUT2D eigenvalue weighted by Crippen LogP contribution is -2.32. The maximum atomic E-state index is 4.85. The maximum Gasteiger partial charge on any atom is 0.0607 e. The van der Waals surface area contributed by atoms with Crippen LogP contribution in [-0.2, 0) is 32.5 Å². The van der Waals surface area contributed by atoms with Gasteiger partial charge < -0.3 is 5.32 Å². The fourth-order valence-corrected chi connectivity index (χ4v) is 5.25. The van der Waals surface area contributed by atoms with Crippen molar-refractivity contribution in [3.05, 3.63) is 131 Å². The van der Waals surface area contributed by atoms with Crippen molar-refractivity contribution in [2.45, 2.75) is 57.8 Å². The Kier molecular flexibility index (Phi) is 10.4. The number of hydrogen-bond donors (Lipinski definition) is 1. The van der Waals surface area contributed by atoms with E-state index < -0.39 is 0 Å². The van der Waals surface area contributed by atoms with E-state index in [1.54, 1.807) is 0 Å². The number of aryl methyl sites for hydroxylation is 2. The highest BCUT2D eigenvalue weighted by Gasteiger charge is 2.27. The highest BCUT2D eigenvalue weighted by molar-refractivity contribution is 8.93. The predicted molar refractivity (Wildman–Crippen MR) is 157 cm³/mol. The van der Waals surface area contributed by atoms with E-state index in [1.165, 1.54) is 40.8 Å². The van der Waals surface area contributed by atoms with Gasteiger partial charge in [-0.3, -0.25) is 14.9 Å². The van der Waals surface area contributed by atoms with Crippen LogP contribution < -0.4 is 5.32 Å². The molecule has 1 unspecified atom stereocenters. The first kappa shape index (κ1) is 27.2. The van der Waals surface area contributed by atoms with E-state index in [2.05, 4.69) is 88.0 Å². The number of nitrogens with one attached hydrogen (secondary N) is 1. The summed E-state index contributed by atoms with van der Waals surface area (Å²) in [6.07, 6.45) is 9.64. The molecule has 0 bridgehead atoms. The molecular formula is C32H37BrN4. The third-order valence-corrected chi connectivity index (χ3v) is 7.13. The molecule has 1 aliphatic rings. The third kappa shape index (κ3) is 7.81. The molecule has 5 heteroatoms. The molecule has 1 aliphatic carbocycles. The first-order chi connectivity index (χ1) is 17.8. The third-order valence-electron chi connectivity index (χ3n) is 7.13. The lowest BCUT2D eigenvalue weighted by molar-refractivity contribution is 0.164. The molecule has 0 saturated carbocycles. The van der Waals surface area contributed by atoms with Crippen molar-refractivity contribution in [3.8, 4) is 0 Å². The molecule has 1 N–H and O–H groups in total. The predicted octanol–water partition coefficient (Wildman–Crippen LogP) is 6.86. The van der Waals surface area contributed by atoms with E-state index in [0.717, 1.165) is 51.1 Å². The van der Waals surface area contributed by atoms with Crippen LogP contribution in [0, 0.1) is 0 Å². The molecule has 5 rings (SSSR count). The van der Waals surface area contributed by atoms with Crippen LogP contribution in [-0.4, -0.2) is 21.4 Å². The Hall–Kier alpha value is -2.86. The summed E-state index contributed by atoms with van der Waals surface area (Å²) in [6, 6.07) is 30.8. The molecule has 0 spiro atoms. The molecule has 0 aliphatic heterocycles. The van der Waals surface area contributed by atoms with Crippen LogP contribution >= 0.6 is 17.0 Å². The van der Waals surface area contributed by atoms with Gasteiger partial charge in [-0.2, -0.15) is 0 Å². The van der Waals surface area contributed by atoms with Gasteiger partial charge >= 0.3 is 0 Å².